The van der Waals surface area contributed by atoms with Gasteiger partial charge in [-0.05, 0) is 31.4 Å². The second kappa shape index (κ2) is 7.78. The van der Waals surface area contributed by atoms with Crippen molar-refractivity contribution in [1.29, 1.82) is 0 Å². The number of hydrogen-bond donors (Lipinski definition) is 1. The first-order valence-electron chi connectivity index (χ1n) is 9.57. The van der Waals surface area contributed by atoms with Gasteiger partial charge in [0.15, 0.2) is 0 Å². The van der Waals surface area contributed by atoms with E-state index in [4.69, 9.17) is 0 Å². The minimum Gasteiger partial charge on any atom is -0.391 e. The fraction of sp³-hybridized carbons (Fsp3) is 0.550. The largest absolute Gasteiger partial charge is 0.416 e. The molecule has 29 heavy (non-hydrogen) atoms. The maximum Gasteiger partial charge on any atom is 0.416 e. The molecule has 1 aromatic carbocycles. The van der Waals surface area contributed by atoms with Gasteiger partial charge < -0.3 is 10.0 Å². The zero-order chi connectivity index (χ0) is 21.4. The van der Waals surface area contributed by atoms with E-state index < -0.39 is 47.4 Å². The number of carbonyl (C=O) groups is 3. The van der Waals surface area contributed by atoms with Crippen LogP contribution in [-0.2, 0) is 26.0 Å². The highest BCUT2D eigenvalue weighted by Gasteiger charge is 2.54. The Morgan fingerprint density at radius 3 is 2.62 bits per heavy atom. The monoisotopic (exact) mass is 412 g/mol. The van der Waals surface area contributed by atoms with Crippen LogP contribution in [0.25, 0.3) is 0 Å². The van der Waals surface area contributed by atoms with Gasteiger partial charge in [0, 0.05) is 32.5 Å². The van der Waals surface area contributed by atoms with Crippen molar-refractivity contribution in [3.05, 3.63) is 35.4 Å². The number of rotatable bonds is 4. The summed E-state index contributed by atoms with van der Waals surface area (Å²) in [5, 5.41) is 9.82. The van der Waals surface area contributed by atoms with Crippen molar-refractivity contribution in [2.24, 2.45) is 0 Å². The van der Waals surface area contributed by atoms with E-state index >= 15 is 0 Å². The third-order valence-corrected chi connectivity index (χ3v) is 5.67. The molecule has 158 valence electrons. The quantitative estimate of drug-likeness (QED) is 0.769. The smallest absolute Gasteiger partial charge is 0.391 e. The second-order valence-electron chi connectivity index (χ2n) is 7.59. The number of piperidine rings is 1. The van der Waals surface area contributed by atoms with Gasteiger partial charge in [-0.3, -0.25) is 19.3 Å². The van der Waals surface area contributed by atoms with Crippen LogP contribution in [-0.4, -0.2) is 58.4 Å². The molecule has 0 aromatic heterocycles. The van der Waals surface area contributed by atoms with Gasteiger partial charge in [-0.15, -0.1) is 0 Å². The fourth-order valence-electron chi connectivity index (χ4n) is 4.13. The molecule has 2 saturated heterocycles. The molecule has 2 fully saturated rings. The topological polar surface area (TPSA) is 77.9 Å². The third kappa shape index (κ3) is 4.01. The van der Waals surface area contributed by atoms with Crippen LogP contribution in [0.2, 0.25) is 0 Å². The van der Waals surface area contributed by atoms with E-state index in [2.05, 4.69) is 0 Å². The normalized spacial score (nSPS) is 25.6. The Balaban J connectivity index is 2.01. The Kier molecular flexibility index (Phi) is 5.71. The Hall–Kier alpha value is -2.42. The highest BCUT2D eigenvalue weighted by atomic mass is 19.4. The molecule has 6 nitrogen and oxygen atoms in total. The minimum absolute atomic E-state index is 0.00697. The van der Waals surface area contributed by atoms with Gasteiger partial charge in [0.1, 0.15) is 0 Å². The number of halogens is 3. The molecule has 2 aliphatic rings. The van der Waals surface area contributed by atoms with Gasteiger partial charge in [0.05, 0.1) is 17.1 Å². The van der Waals surface area contributed by atoms with Crippen LogP contribution in [0.4, 0.5) is 13.2 Å². The lowest BCUT2D eigenvalue weighted by atomic mass is 9.75. The molecule has 0 radical (unpaired) electrons. The summed E-state index contributed by atoms with van der Waals surface area (Å²) < 4.78 is 39.7. The van der Waals surface area contributed by atoms with Gasteiger partial charge in [-0.2, -0.15) is 13.2 Å². The van der Waals surface area contributed by atoms with Crippen LogP contribution in [0, 0.1) is 0 Å². The summed E-state index contributed by atoms with van der Waals surface area (Å²) >= 11 is 0. The number of hydrogen-bond acceptors (Lipinski definition) is 4. The Bertz CT molecular complexity index is 826. The molecule has 0 spiro atoms. The molecule has 0 bridgehead atoms. The summed E-state index contributed by atoms with van der Waals surface area (Å²) in [6.45, 7) is 2.18. The van der Waals surface area contributed by atoms with Crippen LogP contribution >= 0.6 is 0 Å². The van der Waals surface area contributed by atoms with Crippen molar-refractivity contribution in [2.75, 3.05) is 19.6 Å². The van der Waals surface area contributed by atoms with Crippen molar-refractivity contribution in [3.63, 3.8) is 0 Å². The van der Waals surface area contributed by atoms with E-state index in [1.54, 1.807) is 6.92 Å². The first-order chi connectivity index (χ1) is 13.6. The fourth-order valence-corrected chi connectivity index (χ4v) is 4.13. The van der Waals surface area contributed by atoms with E-state index in [0.29, 0.717) is 19.4 Å². The van der Waals surface area contributed by atoms with Crippen molar-refractivity contribution < 1.29 is 32.7 Å². The van der Waals surface area contributed by atoms with E-state index in [9.17, 15) is 32.7 Å². The SMILES string of the molecule is CCN1C(=O)CC(CC(=O)N2CCCC(O)C2)(c2cccc(C(F)(F)F)c2)C1=O. The van der Waals surface area contributed by atoms with Crippen LogP contribution in [0.5, 0.6) is 0 Å². The van der Waals surface area contributed by atoms with Gasteiger partial charge in [-0.1, -0.05) is 18.2 Å². The number of imide groups is 1. The third-order valence-electron chi connectivity index (χ3n) is 5.67. The summed E-state index contributed by atoms with van der Waals surface area (Å²) in [5.41, 5.74) is -2.61. The lowest BCUT2D eigenvalue weighted by Crippen LogP contribution is -2.47. The first kappa shape index (κ1) is 21.3. The summed E-state index contributed by atoms with van der Waals surface area (Å²) in [6, 6.07) is 4.28. The van der Waals surface area contributed by atoms with Crippen molar-refractivity contribution >= 4 is 17.7 Å². The summed E-state index contributed by atoms with van der Waals surface area (Å²) in [4.78, 5) is 40.8. The summed E-state index contributed by atoms with van der Waals surface area (Å²) in [6.07, 6.45) is -4.91. The number of likely N-dealkylation sites (tertiary alicyclic amines) is 2. The molecule has 2 unspecified atom stereocenters. The zero-order valence-corrected chi connectivity index (χ0v) is 16.0. The maximum absolute atomic E-state index is 13.2. The molecular weight excluding hydrogens is 389 g/mol. The number of alkyl halides is 3. The molecule has 0 aliphatic carbocycles. The molecule has 2 aliphatic heterocycles. The van der Waals surface area contributed by atoms with Crippen LogP contribution in [0.3, 0.4) is 0 Å². The zero-order valence-electron chi connectivity index (χ0n) is 16.0. The van der Waals surface area contributed by atoms with Crippen LogP contribution in [0.1, 0.15) is 43.7 Å². The summed E-state index contributed by atoms with van der Waals surface area (Å²) in [5.74, 6) is -1.63. The number of aliphatic hydroxyl groups is 1. The standard InChI is InChI=1S/C20H23F3N2O4/c1-2-25-17(28)11-19(18(25)29,10-16(27)24-8-4-7-15(26)12-24)13-5-3-6-14(9-13)20(21,22)23/h3,5-6,9,15,26H,2,4,7-8,10-12H2,1H3. The lowest BCUT2D eigenvalue weighted by Gasteiger charge is -2.34. The molecule has 3 rings (SSSR count). The number of β-amino-alcohol motifs (C(OH)–C–C–N with tert-alkyl or cyclic N) is 1. The van der Waals surface area contributed by atoms with Crippen LogP contribution in [0.15, 0.2) is 24.3 Å². The number of carbonyl (C=O) groups excluding carboxylic acids is 3. The van der Waals surface area contributed by atoms with Gasteiger partial charge in [0.2, 0.25) is 17.7 Å². The van der Waals surface area contributed by atoms with Gasteiger partial charge in [-0.25, -0.2) is 0 Å². The van der Waals surface area contributed by atoms with E-state index in [0.717, 1.165) is 17.0 Å². The summed E-state index contributed by atoms with van der Waals surface area (Å²) in [7, 11) is 0. The van der Waals surface area contributed by atoms with Gasteiger partial charge >= 0.3 is 6.18 Å². The molecule has 0 saturated carbocycles. The lowest BCUT2D eigenvalue weighted by molar-refractivity contribution is -0.143. The minimum atomic E-state index is -4.62. The predicted molar refractivity (Wildman–Crippen MR) is 96.6 cm³/mol. The average molecular weight is 412 g/mol. The molecule has 2 heterocycles. The molecule has 1 N–H and O–H groups in total. The van der Waals surface area contributed by atoms with Crippen molar-refractivity contribution in [2.45, 2.75) is 50.3 Å². The highest BCUT2D eigenvalue weighted by Crippen LogP contribution is 2.42. The van der Waals surface area contributed by atoms with E-state index in [-0.39, 0.29) is 25.1 Å². The number of aliphatic hydroxyl groups excluding tert-OH is 1. The Labute approximate surface area is 166 Å². The number of likely N-dealkylation sites (N-methyl/N-ethyl adjacent to an activating group) is 1. The highest BCUT2D eigenvalue weighted by molar-refractivity contribution is 6.10. The molecule has 2 atom stereocenters. The Morgan fingerprint density at radius 2 is 2.03 bits per heavy atom. The Morgan fingerprint density at radius 1 is 1.31 bits per heavy atom. The molecule has 9 heteroatoms. The van der Waals surface area contributed by atoms with Crippen molar-refractivity contribution in [1.82, 2.24) is 9.80 Å². The van der Waals surface area contributed by atoms with Crippen molar-refractivity contribution in [3.8, 4) is 0 Å². The maximum atomic E-state index is 13.2. The molecule has 3 amide bonds. The van der Waals surface area contributed by atoms with Gasteiger partial charge in [0.25, 0.3) is 0 Å². The molecule has 1 aromatic rings. The predicted octanol–water partition coefficient (Wildman–Crippen LogP) is 2.10. The number of amides is 3. The number of nitrogens with zero attached hydrogens (tertiary/aromatic N) is 2. The van der Waals surface area contributed by atoms with Crippen LogP contribution < -0.4 is 0 Å². The average Bonchev–Trinajstić information content (AvgIpc) is 2.91. The first-order valence-corrected chi connectivity index (χ1v) is 9.57. The second-order valence-corrected chi connectivity index (χ2v) is 7.59. The number of benzene rings is 1. The van der Waals surface area contributed by atoms with E-state index in [1.807, 2.05) is 0 Å². The molecular formula is C20H23F3N2O4. The van der Waals surface area contributed by atoms with E-state index in [1.165, 1.54) is 17.0 Å².